The van der Waals surface area contributed by atoms with Gasteiger partial charge in [-0.3, -0.25) is 0 Å². The standard InChI is InChI=1S/C10H10BrF/c11-10(12)7-9(10)6-8-4-2-1-3-5-8/h1-5,9H,6-7H2. The van der Waals surface area contributed by atoms with E-state index >= 15 is 0 Å². The fraction of sp³-hybridized carbons (Fsp3) is 0.400. The van der Waals surface area contributed by atoms with E-state index in [0.29, 0.717) is 6.42 Å². The van der Waals surface area contributed by atoms with Crippen LogP contribution in [0.3, 0.4) is 0 Å². The van der Waals surface area contributed by atoms with Crippen molar-refractivity contribution in [2.75, 3.05) is 0 Å². The first-order valence-electron chi connectivity index (χ1n) is 4.10. The van der Waals surface area contributed by atoms with Crippen molar-refractivity contribution in [2.24, 2.45) is 5.92 Å². The quantitative estimate of drug-likeness (QED) is 0.682. The van der Waals surface area contributed by atoms with Crippen molar-refractivity contribution in [3.63, 3.8) is 0 Å². The predicted octanol–water partition coefficient (Wildman–Crippen LogP) is 3.31. The summed E-state index contributed by atoms with van der Waals surface area (Å²) in [5.41, 5.74) is 1.22. The van der Waals surface area contributed by atoms with Gasteiger partial charge in [0.15, 0.2) is 4.58 Å². The van der Waals surface area contributed by atoms with E-state index in [1.165, 1.54) is 5.56 Å². The lowest BCUT2D eigenvalue weighted by molar-refractivity contribution is 0.413. The highest BCUT2D eigenvalue weighted by atomic mass is 79.9. The van der Waals surface area contributed by atoms with Crippen molar-refractivity contribution in [1.29, 1.82) is 0 Å². The van der Waals surface area contributed by atoms with E-state index in [4.69, 9.17) is 0 Å². The Hall–Kier alpha value is -0.370. The van der Waals surface area contributed by atoms with Crippen LogP contribution in [0.2, 0.25) is 0 Å². The van der Waals surface area contributed by atoms with Gasteiger partial charge in [-0.05, 0) is 34.3 Å². The zero-order valence-corrected chi connectivity index (χ0v) is 8.22. The highest BCUT2D eigenvalue weighted by molar-refractivity contribution is 9.10. The van der Waals surface area contributed by atoms with E-state index in [9.17, 15) is 4.39 Å². The van der Waals surface area contributed by atoms with Crippen LogP contribution in [0.25, 0.3) is 0 Å². The molecule has 0 nitrogen and oxygen atoms in total. The first-order valence-corrected chi connectivity index (χ1v) is 4.89. The van der Waals surface area contributed by atoms with Gasteiger partial charge in [-0.2, -0.15) is 0 Å². The van der Waals surface area contributed by atoms with Crippen LogP contribution in [0.5, 0.6) is 0 Å². The molecule has 0 amide bonds. The Kier molecular flexibility index (Phi) is 1.95. The molecule has 64 valence electrons. The third kappa shape index (κ3) is 1.69. The van der Waals surface area contributed by atoms with E-state index in [0.717, 1.165) is 6.42 Å². The Morgan fingerprint density at radius 1 is 1.42 bits per heavy atom. The van der Waals surface area contributed by atoms with Crippen molar-refractivity contribution < 1.29 is 4.39 Å². The zero-order valence-electron chi connectivity index (χ0n) is 6.63. The van der Waals surface area contributed by atoms with Gasteiger partial charge in [0.2, 0.25) is 0 Å². The molecule has 2 atom stereocenters. The number of benzene rings is 1. The Bertz CT molecular complexity index is 268. The third-order valence-corrected chi connectivity index (χ3v) is 3.25. The van der Waals surface area contributed by atoms with Crippen LogP contribution >= 0.6 is 15.9 Å². The molecular weight excluding hydrogens is 219 g/mol. The highest BCUT2D eigenvalue weighted by Gasteiger charge is 2.52. The lowest BCUT2D eigenvalue weighted by atomic mass is 10.1. The molecule has 0 aliphatic heterocycles. The molecule has 0 N–H and O–H groups in total. The average Bonchev–Trinajstić information content (AvgIpc) is 2.61. The Labute approximate surface area is 79.9 Å². The van der Waals surface area contributed by atoms with Gasteiger partial charge in [0, 0.05) is 5.92 Å². The molecule has 12 heavy (non-hydrogen) atoms. The maximum absolute atomic E-state index is 13.1. The molecule has 1 aromatic carbocycles. The first-order chi connectivity index (χ1) is 5.68. The van der Waals surface area contributed by atoms with E-state index in [1.54, 1.807) is 0 Å². The number of alkyl halides is 2. The van der Waals surface area contributed by atoms with Crippen LogP contribution in [-0.2, 0) is 6.42 Å². The maximum Gasteiger partial charge on any atom is 0.168 e. The molecule has 2 unspecified atom stereocenters. The predicted molar refractivity (Wildman–Crippen MR) is 51.0 cm³/mol. The second-order valence-electron chi connectivity index (χ2n) is 3.35. The summed E-state index contributed by atoms with van der Waals surface area (Å²) in [7, 11) is 0. The molecule has 1 aliphatic carbocycles. The van der Waals surface area contributed by atoms with Crippen molar-refractivity contribution in [1.82, 2.24) is 0 Å². The lowest BCUT2D eigenvalue weighted by Gasteiger charge is -1.99. The SMILES string of the molecule is FC1(Br)CC1Cc1ccccc1. The topological polar surface area (TPSA) is 0 Å². The molecule has 2 rings (SSSR count). The number of rotatable bonds is 2. The molecule has 1 saturated carbocycles. The van der Waals surface area contributed by atoms with Gasteiger partial charge in [-0.15, -0.1) is 0 Å². The third-order valence-electron chi connectivity index (χ3n) is 2.28. The van der Waals surface area contributed by atoms with E-state index in [2.05, 4.69) is 15.9 Å². The summed E-state index contributed by atoms with van der Waals surface area (Å²) in [6, 6.07) is 10.0. The largest absolute Gasteiger partial charge is 0.231 e. The molecule has 1 fully saturated rings. The normalized spacial score (nSPS) is 33.3. The zero-order chi connectivity index (χ0) is 8.60. The number of hydrogen-bond donors (Lipinski definition) is 0. The summed E-state index contributed by atoms with van der Waals surface area (Å²) in [5.74, 6) is 0.180. The Morgan fingerprint density at radius 3 is 2.50 bits per heavy atom. The lowest BCUT2D eigenvalue weighted by Crippen LogP contribution is -1.94. The van der Waals surface area contributed by atoms with Gasteiger partial charge in [0.25, 0.3) is 0 Å². The van der Waals surface area contributed by atoms with E-state index in [-0.39, 0.29) is 5.92 Å². The minimum atomic E-state index is -1.07. The first kappa shape index (κ1) is 8.24. The van der Waals surface area contributed by atoms with Gasteiger partial charge in [0.05, 0.1) is 0 Å². The summed E-state index contributed by atoms with van der Waals surface area (Å²) in [6.07, 6.45) is 1.50. The second kappa shape index (κ2) is 2.84. The van der Waals surface area contributed by atoms with Gasteiger partial charge in [-0.25, -0.2) is 4.39 Å². The minimum Gasteiger partial charge on any atom is -0.231 e. The van der Waals surface area contributed by atoms with Gasteiger partial charge in [0.1, 0.15) is 0 Å². The van der Waals surface area contributed by atoms with Gasteiger partial charge in [-0.1, -0.05) is 30.3 Å². The molecule has 0 heterocycles. The molecule has 0 radical (unpaired) electrons. The Balaban J connectivity index is 1.98. The monoisotopic (exact) mass is 228 g/mol. The summed E-state index contributed by atoms with van der Waals surface area (Å²) in [4.78, 5) is 0. The summed E-state index contributed by atoms with van der Waals surface area (Å²) < 4.78 is 12.0. The highest BCUT2D eigenvalue weighted by Crippen LogP contribution is 2.53. The Morgan fingerprint density at radius 2 is 2.00 bits per heavy atom. The molecular formula is C10H10BrF. The van der Waals surface area contributed by atoms with Crippen LogP contribution in [0.15, 0.2) is 30.3 Å². The fourth-order valence-corrected chi connectivity index (χ4v) is 1.94. The van der Waals surface area contributed by atoms with Crippen LogP contribution in [0, 0.1) is 5.92 Å². The smallest absolute Gasteiger partial charge is 0.168 e. The second-order valence-corrected chi connectivity index (χ2v) is 4.67. The number of halogens is 2. The molecule has 0 spiro atoms. The molecule has 1 aliphatic rings. The molecule has 0 saturated heterocycles. The molecule has 0 aromatic heterocycles. The van der Waals surface area contributed by atoms with Gasteiger partial charge >= 0.3 is 0 Å². The van der Waals surface area contributed by atoms with Crippen LogP contribution in [-0.4, -0.2) is 4.58 Å². The number of hydrogen-bond acceptors (Lipinski definition) is 0. The van der Waals surface area contributed by atoms with Crippen molar-refractivity contribution in [3.05, 3.63) is 35.9 Å². The summed E-state index contributed by atoms with van der Waals surface area (Å²) in [6.45, 7) is 0. The minimum absolute atomic E-state index is 0.180. The van der Waals surface area contributed by atoms with Crippen LogP contribution < -0.4 is 0 Å². The molecule has 1 aromatic rings. The average molecular weight is 229 g/mol. The summed E-state index contributed by atoms with van der Waals surface area (Å²) in [5, 5.41) is 0. The van der Waals surface area contributed by atoms with E-state index < -0.39 is 4.58 Å². The van der Waals surface area contributed by atoms with Crippen molar-refractivity contribution in [3.8, 4) is 0 Å². The van der Waals surface area contributed by atoms with Crippen molar-refractivity contribution >= 4 is 15.9 Å². The molecule has 2 heteroatoms. The fourth-order valence-electron chi connectivity index (χ4n) is 1.39. The van der Waals surface area contributed by atoms with Crippen LogP contribution in [0.1, 0.15) is 12.0 Å². The van der Waals surface area contributed by atoms with E-state index in [1.807, 2.05) is 30.3 Å². The summed E-state index contributed by atoms with van der Waals surface area (Å²) >= 11 is 3.04. The van der Waals surface area contributed by atoms with Crippen molar-refractivity contribution in [2.45, 2.75) is 17.4 Å². The van der Waals surface area contributed by atoms with Gasteiger partial charge < -0.3 is 0 Å². The van der Waals surface area contributed by atoms with Crippen LogP contribution in [0.4, 0.5) is 4.39 Å². The molecule has 0 bridgehead atoms. The maximum atomic E-state index is 13.1.